The molecule has 118 valence electrons. The van der Waals surface area contributed by atoms with Crippen LogP contribution in [0, 0.1) is 6.92 Å². The molecular weight excluding hydrogens is 330 g/mol. The first-order chi connectivity index (χ1) is 11.1. The van der Waals surface area contributed by atoms with Crippen LogP contribution >= 0.6 is 23.1 Å². The van der Waals surface area contributed by atoms with Crippen molar-refractivity contribution >= 4 is 46.8 Å². The Labute approximate surface area is 142 Å². The first kappa shape index (κ1) is 15.8. The Hall–Kier alpha value is -2.12. The zero-order chi connectivity index (χ0) is 16.2. The third-order valence-electron chi connectivity index (χ3n) is 3.22. The maximum absolute atomic E-state index is 12.0. The van der Waals surface area contributed by atoms with E-state index in [-0.39, 0.29) is 18.2 Å². The number of aryl methyl sites for hydroxylation is 1. The SMILES string of the molecule is Cc1ccc(/C=N/NC(=O)CC2Sc3ccccc3NC2=O)s1. The monoisotopic (exact) mass is 345 g/mol. The molecule has 0 saturated heterocycles. The topological polar surface area (TPSA) is 70.6 Å². The second-order valence-corrected chi connectivity index (χ2v) is 7.60. The highest BCUT2D eigenvalue weighted by atomic mass is 32.2. The van der Waals surface area contributed by atoms with Gasteiger partial charge in [0.1, 0.15) is 0 Å². The Morgan fingerprint density at radius 3 is 2.96 bits per heavy atom. The summed E-state index contributed by atoms with van der Waals surface area (Å²) in [6.07, 6.45) is 1.70. The lowest BCUT2D eigenvalue weighted by Crippen LogP contribution is -2.33. The molecule has 5 nitrogen and oxygen atoms in total. The molecule has 1 aliphatic heterocycles. The van der Waals surface area contributed by atoms with Gasteiger partial charge in [-0.3, -0.25) is 9.59 Å². The molecule has 2 aromatic rings. The first-order valence-electron chi connectivity index (χ1n) is 7.07. The summed E-state index contributed by atoms with van der Waals surface area (Å²) in [5, 5.41) is 6.32. The molecule has 1 unspecified atom stereocenters. The van der Waals surface area contributed by atoms with Gasteiger partial charge in [0.15, 0.2) is 0 Å². The Kier molecular flexibility index (Phi) is 4.78. The van der Waals surface area contributed by atoms with Crippen molar-refractivity contribution in [2.24, 2.45) is 5.10 Å². The van der Waals surface area contributed by atoms with E-state index >= 15 is 0 Å². The van der Waals surface area contributed by atoms with E-state index in [0.29, 0.717) is 0 Å². The Morgan fingerprint density at radius 2 is 2.17 bits per heavy atom. The molecule has 3 rings (SSSR count). The Morgan fingerprint density at radius 1 is 1.35 bits per heavy atom. The van der Waals surface area contributed by atoms with Crippen LogP contribution in [0.4, 0.5) is 5.69 Å². The molecule has 1 atom stereocenters. The summed E-state index contributed by atoms with van der Waals surface area (Å²) in [4.78, 5) is 27.1. The fourth-order valence-corrected chi connectivity index (χ4v) is 3.99. The van der Waals surface area contributed by atoms with Gasteiger partial charge in [0.25, 0.3) is 0 Å². The van der Waals surface area contributed by atoms with Crippen molar-refractivity contribution in [1.82, 2.24) is 5.43 Å². The molecule has 0 fully saturated rings. The number of hydrogen-bond acceptors (Lipinski definition) is 5. The summed E-state index contributed by atoms with van der Waals surface area (Å²) in [6.45, 7) is 2.01. The minimum atomic E-state index is -0.441. The average Bonchev–Trinajstić information content (AvgIpc) is 2.93. The molecule has 1 aliphatic rings. The van der Waals surface area contributed by atoms with Crippen molar-refractivity contribution in [2.75, 3.05) is 5.32 Å². The van der Waals surface area contributed by atoms with E-state index < -0.39 is 5.25 Å². The van der Waals surface area contributed by atoms with Crippen LogP contribution < -0.4 is 10.7 Å². The number of carbonyl (C=O) groups is 2. The zero-order valence-corrected chi connectivity index (χ0v) is 14.0. The van der Waals surface area contributed by atoms with Crippen LogP contribution in [0.2, 0.25) is 0 Å². The van der Waals surface area contributed by atoms with E-state index in [0.717, 1.165) is 15.5 Å². The summed E-state index contributed by atoms with van der Waals surface area (Å²) in [5.74, 6) is -0.428. The van der Waals surface area contributed by atoms with Gasteiger partial charge in [-0.1, -0.05) is 12.1 Å². The lowest BCUT2D eigenvalue weighted by Gasteiger charge is -2.23. The predicted octanol–water partition coefficient (Wildman–Crippen LogP) is 3.01. The van der Waals surface area contributed by atoms with Crippen molar-refractivity contribution in [3.05, 3.63) is 46.2 Å². The van der Waals surface area contributed by atoms with Crippen LogP contribution in [0.3, 0.4) is 0 Å². The van der Waals surface area contributed by atoms with Gasteiger partial charge in [0.05, 0.1) is 17.2 Å². The highest BCUT2D eigenvalue weighted by molar-refractivity contribution is 8.01. The number of benzene rings is 1. The number of fused-ring (bicyclic) bond motifs is 1. The standard InChI is InChI=1S/C16H15N3O2S2/c1-10-6-7-11(22-10)9-17-19-15(20)8-14-16(21)18-12-4-2-3-5-13(12)23-14/h2-7,9,14H,8H2,1H3,(H,18,21)(H,19,20)/b17-9+. The number of rotatable bonds is 4. The second kappa shape index (κ2) is 6.97. The summed E-state index contributed by atoms with van der Waals surface area (Å²) in [7, 11) is 0. The fourth-order valence-electron chi connectivity index (χ4n) is 2.13. The zero-order valence-electron chi connectivity index (χ0n) is 12.4. The van der Waals surface area contributed by atoms with E-state index in [4.69, 9.17) is 0 Å². The number of nitrogens with zero attached hydrogens (tertiary/aromatic N) is 1. The number of thioether (sulfide) groups is 1. The Balaban J connectivity index is 1.56. The smallest absolute Gasteiger partial charge is 0.241 e. The lowest BCUT2D eigenvalue weighted by molar-refractivity contribution is -0.124. The minimum absolute atomic E-state index is 0.0889. The first-order valence-corrected chi connectivity index (χ1v) is 8.76. The maximum atomic E-state index is 12.0. The highest BCUT2D eigenvalue weighted by Gasteiger charge is 2.28. The van der Waals surface area contributed by atoms with Crippen LogP contribution in [0.1, 0.15) is 16.2 Å². The molecule has 2 amide bonds. The molecule has 0 aliphatic carbocycles. The molecule has 2 heterocycles. The van der Waals surface area contributed by atoms with Crippen molar-refractivity contribution < 1.29 is 9.59 Å². The van der Waals surface area contributed by atoms with Crippen LogP contribution in [-0.4, -0.2) is 23.3 Å². The van der Waals surface area contributed by atoms with Gasteiger partial charge in [-0.2, -0.15) is 5.10 Å². The third kappa shape index (κ3) is 4.00. The molecule has 1 aromatic carbocycles. The average molecular weight is 345 g/mol. The molecule has 0 bridgehead atoms. The number of hydrogen-bond donors (Lipinski definition) is 2. The Bertz CT molecular complexity index is 770. The van der Waals surface area contributed by atoms with Crippen LogP contribution in [-0.2, 0) is 9.59 Å². The van der Waals surface area contributed by atoms with Crippen molar-refractivity contribution in [3.8, 4) is 0 Å². The molecule has 7 heteroatoms. The number of carbonyl (C=O) groups excluding carboxylic acids is 2. The number of nitrogens with one attached hydrogen (secondary N) is 2. The van der Waals surface area contributed by atoms with Gasteiger partial charge in [0.2, 0.25) is 11.8 Å². The van der Waals surface area contributed by atoms with Gasteiger partial charge in [0, 0.05) is 21.1 Å². The highest BCUT2D eigenvalue weighted by Crippen LogP contribution is 2.36. The minimum Gasteiger partial charge on any atom is -0.324 e. The number of para-hydroxylation sites is 1. The normalized spacial score (nSPS) is 16.9. The largest absolute Gasteiger partial charge is 0.324 e. The summed E-state index contributed by atoms with van der Waals surface area (Å²) in [6, 6.07) is 11.5. The second-order valence-electron chi connectivity index (χ2n) is 5.04. The van der Waals surface area contributed by atoms with E-state index in [2.05, 4.69) is 15.8 Å². The van der Waals surface area contributed by atoms with Gasteiger partial charge in [-0.05, 0) is 31.2 Å². The number of hydrazone groups is 1. The molecule has 0 saturated carbocycles. The lowest BCUT2D eigenvalue weighted by atomic mass is 10.2. The van der Waals surface area contributed by atoms with Gasteiger partial charge < -0.3 is 5.32 Å². The molecule has 0 radical (unpaired) electrons. The summed E-state index contributed by atoms with van der Waals surface area (Å²) >= 11 is 3.00. The fraction of sp³-hybridized carbons (Fsp3) is 0.188. The molecule has 0 spiro atoms. The van der Waals surface area contributed by atoms with Gasteiger partial charge in [-0.25, -0.2) is 5.43 Å². The third-order valence-corrected chi connectivity index (χ3v) is 5.43. The molecular formula is C16H15N3O2S2. The van der Waals surface area contributed by atoms with E-state index in [1.807, 2.05) is 43.3 Å². The quantitative estimate of drug-likeness (QED) is 0.661. The van der Waals surface area contributed by atoms with E-state index in [1.54, 1.807) is 17.6 Å². The summed E-state index contributed by atoms with van der Waals surface area (Å²) < 4.78 is 0. The van der Waals surface area contributed by atoms with E-state index in [9.17, 15) is 9.59 Å². The number of amides is 2. The molecule has 2 N–H and O–H groups in total. The van der Waals surface area contributed by atoms with Crippen molar-refractivity contribution in [1.29, 1.82) is 0 Å². The van der Waals surface area contributed by atoms with Crippen molar-refractivity contribution in [3.63, 3.8) is 0 Å². The predicted molar refractivity (Wildman–Crippen MR) is 94.1 cm³/mol. The van der Waals surface area contributed by atoms with Crippen LogP contribution in [0.25, 0.3) is 0 Å². The van der Waals surface area contributed by atoms with Crippen LogP contribution in [0.5, 0.6) is 0 Å². The summed E-state index contributed by atoms with van der Waals surface area (Å²) in [5.41, 5.74) is 3.27. The molecule has 23 heavy (non-hydrogen) atoms. The van der Waals surface area contributed by atoms with Crippen molar-refractivity contribution in [2.45, 2.75) is 23.5 Å². The molecule has 1 aromatic heterocycles. The maximum Gasteiger partial charge on any atom is 0.241 e. The van der Waals surface area contributed by atoms with Gasteiger partial charge >= 0.3 is 0 Å². The number of anilines is 1. The van der Waals surface area contributed by atoms with Crippen LogP contribution in [0.15, 0.2) is 46.4 Å². The van der Waals surface area contributed by atoms with Gasteiger partial charge in [-0.15, -0.1) is 23.1 Å². The number of thiophene rings is 1. The van der Waals surface area contributed by atoms with E-state index in [1.165, 1.54) is 16.6 Å².